The fourth-order valence-corrected chi connectivity index (χ4v) is 8.80. The smallest absolute Gasteiger partial charge is 0.304 e. The van der Waals surface area contributed by atoms with Crippen LogP contribution in [0, 0.1) is 11.8 Å². The molecule has 0 bridgehead atoms. The minimum Gasteiger partial charge on any atom is -0.481 e. The molecular formula is C40H63N7O8. The van der Waals surface area contributed by atoms with E-state index in [0.717, 1.165) is 102 Å². The lowest BCUT2D eigenvalue weighted by atomic mass is 9.84. The number of nitrogens with one attached hydrogen (secondary N) is 1. The summed E-state index contributed by atoms with van der Waals surface area (Å²) in [5.74, 6) is 1.26. The molecule has 2 aliphatic heterocycles. The third-order valence-corrected chi connectivity index (χ3v) is 12.0. The van der Waals surface area contributed by atoms with Gasteiger partial charge in [0.05, 0.1) is 19.3 Å². The van der Waals surface area contributed by atoms with Crippen molar-refractivity contribution in [1.82, 2.24) is 35.6 Å². The zero-order valence-electron chi connectivity index (χ0n) is 32.6. The van der Waals surface area contributed by atoms with E-state index in [-0.39, 0.29) is 49.3 Å². The van der Waals surface area contributed by atoms with Crippen molar-refractivity contribution in [2.45, 2.75) is 166 Å². The van der Waals surface area contributed by atoms with Crippen LogP contribution in [-0.4, -0.2) is 90.3 Å². The lowest BCUT2D eigenvalue weighted by molar-refractivity contribution is -0.137. The number of aliphatic carboxylic acids is 1. The van der Waals surface area contributed by atoms with Gasteiger partial charge in [0.1, 0.15) is 0 Å². The summed E-state index contributed by atoms with van der Waals surface area (Å²) >= 11 is 0. The van der Waals surface area contributed by atoms with E-state index in [2.05, 4.69) is 20.3 Å². The van der Waals surface area contributed by atoms with Gasteiger partial charge in [0.2, 0.25) is 29.5 Å². The van der Waals surface area contributed by atoms with Crippen molar-refractivity contribution in [3.05, 3.63) is 23.4 Å². The number of likely N-dealkylation sites (tertiary alicyclic amines) is 2. The van der Waals surface area contributed by atoms with E-state index in [4.69, 9.17) is 14.3 Å². The predicted molar refractivity (Wildman–Crippen MR) is 201 cm³/mol. The first-order chi connectivity index (χ1) is 26.8. The predicted octanol–water partition coefficient (Wildman–Crippen LogP) is 6.51. The number of aromatic nitrogens is 4. The molecule has 0 radical (unpaired) electrons. The van der Waals surface area contributed by atoms with E-state index in [1.165, 1.54) is 64.2 Å². The van der Waals surface area contributed by atoms with Gasteiger partial charge in [-0.15, -0.1) is 0 Å². The number of hydroxylamine groups is 1. The van der Waals surface area contributed by atoms with Crippen molar-refractivity contribution in [3.8, 4) is 0 Å². The second-order valence-electron chi connectivity index (χ2n) is 16.2. The highest BCUT2D eigenvalue weighted by molar-refractivity contribution is 5.78. The third-order valence-electron chi connectivity index (χ3n) is 12.0. The molecule has 2 aromatic heterocycles. The summed E-state index contributed by atoms with van der Waals surface area (Å²) < 4.78 is 10.7. The second kappa shape index (κ2) is 22.6. The average molecular weight is 770 g/mol. The Morgan fingerprint density at radius 2 is 1.05 bits per heavy atom. The molecule has 2 saturated carbocycles. The number of carboxylic acids is 1. The van der Waals surface area contributed by atoms with Crippen molar-refractivity contribution in [1.29, 1.82) is 0 Å². The Kier molecular flexibility index (Phi) is 17.4. The summed E-state index contributed by atoms with van der Waals surface area (Å²) in [4.78, 5) is 59.9. The minimum absolute atomic E-state index is 0.00757. The maximum atomic E-state index is 12.3. The molecule has 55 heavy (non-hydrogen) atoms. The SMILES string of the molecule is O=C(C[C@@H](CCCC1CCCCC1)c1nc(CC(=O)N2CCCC2)no1)NO.O=C(O)C[C@@H](CCCC1CCCCC1)c1nc(CC(=O)N2CCCC2)no1. The molecule has 15 heteroatoms. The van der Waals surface area contributed by atoms with Crippen molar-refractivity contribution >= 4 is 23.7 Å². The van der Waals surface area contributed by atoms with Crippen LogP contribution < -0.4 is 5.48 Å². The van der Waals surface area contributed by atoms with Crippen LogP contribution in [0.4, 0.5) is 0 Å². The lowest BCUT2D eigenvalue weighted by Crippen LogP contribution is -2.29. The lowest BCUT2D eigenvalue weighted by Gasteiger charge is -2.22. The highest BCUT2D eigenvalue weighted by Crippen LogP contribution is 2.32. The monoisotopic (exact) mass is 769 g/mol. The summed E-state index contributed by atoms with van der Waals surface area (Å²) in [5, 5.41) is 26.0. The van der Waals surface area contributed by atoms with Crippen LogP contribution in [0.5, 0.6) is 0 Å². The van der Waals surface area contributed by atoms with Crippen LogP contribution in [0.25, 0.3) is 0 Å². The molecule has 15 nitrogen and oxygen atoms in total. The topological polar surface area (TPSA) is 205 Å². The van der Waals surface area contributed by atoms with Crippen LogP contribution in [0.3, 0.4) is 0 Å². The number of carboxylic acid groups (broad SMARTS) is 1. The van der Waals surface area contributed by atoms with Gasteiger partial charge in [-0.05, 0) is 50.4 Å². The van der Waals surface area contributed by atoms with Crippen molar-refractivity contribution in [3.63, 3.8) is 0 Å². The quantitative estimate of drug-likeness (QED) is 0.110. The fourth-order valence-electron chi connectivity index (χ4n) is 8.80. The van der Waals surface area contributed by atoms with Gasteiger partial charge < -0.3 is 24.0 Å². The van der Waals surface area contributed by atoms with Crippen LogP contribution in [0.15, 0.2) is 9.05 Å². The summed E-state index contributed by atoms with van der Waals surface area (Å²) in [6.45, 7) is 3.19. The van der Waals surface area contributed by atoms with E-state index in [1.807, 2.05) is 9.80 Å². The molecule has 2 saturated heterocycles. The Morgan fingerprint density at radius 1 is 0.636 bits per heavy atom. The molecule has 2 atom stereocenters. The van der Waals surface area contributed by atoms with E-state index in [0.29, 0.717) is 23.4 Å². The minimum atomic E-state index is -0.856. The molecule has 0 spiro atoms. The van der Waals surface area contributed by atoms with Gasteiger partial charge >= 0.3 is 5.97 Å². The van der Waals surface area contributed by atoms with Crippen LogP contribution >= 0.6 is 0 Å². The molecule has 4 aliphatic rings. The highest BCUT2D eigenvalue weighted by atomic mass is 16.5. The third kappa shape index (κ3) is 14.3. The Balaban J connectivity index is 0.000000211. The van der Waals surface area contributed by atoms with Gasteiger partial charge in [-0.2, -0.15) is 9.97 Å². The first-order valence-corrected chi connectivity index (χ1v) is 21.1. The van der Waals surface area contributed by atoms with Crippen LogP contribution in [0.2, 0.25) is 0 Å². The van der Waals surface area contributed by atoms with Crippen LogP contribution in [0.1, 0.15) is 177 Å². The molecule has 3 amide bonds. The van der Waals surface area contributed by atoms with Gasteiger partial charge in [-0.1, -0.05) is 100 Å². The van der Waals surface area contributed by atoms with Gasteiger partial charge in [0.25, 0.3) is 0 Å². The maximum absolute atomic E-state index is 12.3. The Morgan fingerprint density at radius 3 is 1.45 bits per heavy atom. The fraction of sp³-hybridized carbons (Fsp3) is 0.800. The summed E-state index contributed by atoms with van der Waals surface area (Å²) in [6.07, 6.45) is 23.4. The average Bonchev–Trinajstić information content (AvgIpc) is 4.04. The van der Waals surface area contributed by atoms with Gasteiger partial charge in [-0.3, -0.25) is 24.4 Å². The molecule has 0 unspecified atom stereocenters. The molecule has 3 N–H and O–H groups in total. The Labute approximate surface area is 324 Å². The molecule has 4 heterocycles. The van der Waals surface area contributed by atoms with Gasteiger partial charge in [-0.25, -0.2) is 5.48 Å². The summed E-state index contributed by atoms with van der Waals surface area (Å²) in [5.41, 5.74) is 1.69. The van der Waals surface area contributed by atoms with E-state index >= 15 is 0 Å². The van der Waals surface area contributed by atoms with Crippen molar-refractivity contribution in [2.75, 3.05) is 26.2 Å². The maximum Gasteiger partial charge on any atom is 0.304 e. The van der Waals surface area contributed by atoms with Crippen LogP contribution in [-0.2, 0) is 32.0 Å². The van der Waals surface area contributed by atoms with Gasteiger partial charge in [0.15, 0.2) is 11.6 Å². The largest absolute Gasteiger partial charge is 0.481 e. The van der Waals surface area contributed by atoms with Gasteiger partial charge in [0, 0.05) is 44.4 Å². The summed E-state index contributed by atoms with van der Waals surface area (Å²) in [7, 11) is 0. The molecule has 2 aromatic rings. The number of carbonyl (C=O) groups excluding carboxylic acids is 3. The standard InChI is InChI=1S/C20H32N4O4.C20H31N3O4/c25-18(22-27)13-16(10-6-9-15-7-2-1-3-8-15)20-21-17(23-28-20)14-19(26)24-11-4-5-12-24;24-18(23-11-4-5-12-23)14-17-21-20(27-22-17)16(13-19(25)26)10-6-9-15-7-2-1-3-8-15/h15-16,27H,1-14H2,(H,22,25);15-16H,1-14H2,(H,25,26)/t2*16-/m11/s1. The molecular weight excluding hydrogens is 706 g/mol. The number of amides is 3. The summed E-state index contributed by atoms with van der Waals surface area (Å²) in [6, 6.07) is 0. The molecule has 306 valence electrons. The zero-order chi connectivity index (χ0) is 38.8. The molecule has 2 aliphatic carbocycles. The van der Waals surface area contributed by atoms with E-state index in [1.54, 1.807) is 5.48 Å². The number of rotatable bonds is 18. The van der Waals surface area contributed by atoms with E-state index < -0.39 is 11.9 Å². The number of carbonyl (C=O) groups is 4. The first kappa shape index (κ1) is 42.3. The normalized spacial score (nSPS) is 19.1. The van der Waals surface area contributed by atoms with Crippen molar-refractivity contribution < 1.29 is 38.5 Å². The Hall–Kier alpha value is -3.88. The first-order valence-electron chi connectivity index (χ1n) is 21.1. The van der Waals surface area contributed by atoms with Crippen molar-refractivity contribution in [2.24, 2.45) is 11.8 Å². The Bertz CT molecular complexity index is 1470. The number of nitrogens with zero attached hydrogens (tertiary/aromatic N) is 6. The number of hydrogen-bond acceptors (Lipinski definition) is 11. The zero-order valence-corrected chi connectivity index (χ0v) is 32.6. The van der Waals surface area contributed by atoms with E-state index in [9.17, 15) is 24.3 Å². The second-order valence-corrected chi connectivity index (χ2v) is 16.2. The highest BCUT2D eigenvalue weighted by Gasteiger charge is 2.27. The number of hydrogen-bond donors (Lipinski definition) is 3. The molecule has 4 fully saturated rings. The molecule has 0 aromatic carbocycles. The molecule has 6 rings (SSSR count).